The van der Waals surface area contributed by atoms with Crippen LogP contribution in [0, 0.1) is 0 Å². The minimum Gasteiger partial charge on any atom is -0.497 e. The van der Waals surface area contributed by atoms with Gasteiger partial charge in [0.1, 0.15) is 5.75 Å². The Balaban J connectivity index is 2.05. The van der Waals surface area contributed by atoms with Crippen LogP contribution in [0.15, 0.2) is 46.9 Å². The minimum atomic E-state index is -2.24. The van der Waals surface area contributed by atoms with Crippen LogP contribution in [0.25, 0.3) is 0 Å². The van der Waals surface area contributed by atoms with Gasteiger partial charge in [-0.15, -0.1) is 0 Å². The molecule has 3 N–H and O–H groups in total. The lowest BCUT2D eigenvalue weighted by atomic mass is 9.94. The van der Waals surface area contributed by atoms with Crippen molar-refractivity contribution in [2.24, 2.45) is 0 Å². The van der Waals surface area contributed by atoms with Gasteiger partial charge in [-0.1, -0.05) is 22.0 Å². The van der Waals surface area contributed by atoms with Crippen molar-refractivity contribution < 1.29 is 19.4 Å². The van der Waals surface area contributed by atoms with Crippen LogP contribution in [-0.4, -0.2) is 56.2 Å². The van der Waals surface area contributed by atoms with Crippen molar-refractivity contribution in [3.63, 3.8) is 0 Å². The van der Waals surface area contributed by atoms with Crippen molar-refractivity contribution >= 4 is 39.2 Å². The molecule has 0 aromatic heterocycles. The number of aliphatic hydroxyl groups is 1. The number of hydrogen-bond acceptors (Lipinski definition) is 5. The molecule has 1 aliphatic rings. The van der Waals surface area contributed by atoms with Crippen molar-refractivity contribution in [1.29, 1.82) is 0 Å². The molecule has 0 bridgehead atoms. The maximum atomic E-state index is 13.3. The Labute approximate surface area is 183 Å². The van der Waals surface area contributed by atoms with Crippen LogP contribution in [0.4, 0.5) is 16.2 Å². The number of carbonyl (C=O) groups is 2. The van der Waals surface area contributed by atoms with Gasteiger partial charge in [-0.05, 0) is 57.4 Å². The summed E-state index contributed by atoms with van der Waals surface area (Å²) in [5, 5.41) is 17.3. The summed E-state index contributed by atoms with van der Waals surface area (Å²) in [5.74, 6) is -0.188. The monoisotopic (exact) mass is 476 g/mol. The zero-order chi connectivity index (χ0) is 21.9. The Bertz CT molecular complexity index is 952. The highest BCUT2D eigenvalue weighted by molar-refractivity contribution is 9.10. The number of halogens is 1. The average molecular weight is 477 g/mol. The summed E-state index contributed by atoms with van der Waals surface area (Å²) in [6.07, 6.45) is 0.700. The first-order valence-corrected chi connectivity index (χ1v) is 10.3. The maximum Gasteiger partial charge on any atom is 0.329 e. The average Bonchev–Trinajstić information content (AvgIpc) is 2.71. The lowest BCUT2D eigenvalue weighted by molar-refractivity contribution is -0.140. The topological polar surface area (TPSA) is 94.1 Å². The molecule has 0 unspecified atom stereocenters. The largest absolute Gasteiger partial charge is 0.497 e. The second-order valence-electron chi connectivity index (χ2n) is 7.24. The molecule has 0 saturated carbocycles. The van der Waals surface area contributed by atoms with E-state index in [9.17, 15) is 14.7 Å². The van der Waals surface area contributed by atoms with E-state index in [-0.39, 0.29) is 5.56 Å². The normalized spacial score (nSPS) is 18.1. The van der Waals surface area contributed by atoms with Gasteiger partial charge in [-0.3, -0.25) is 9.69 Å². The number of hydrogen-bond donors (Lipinski definition) is 3. The first kappa shape index (κ1) is 22.1. The number of methoxy groups -OCH3 is 1. The van der Waals surface area contributed by atoms with Gasteiger partial charge in [0, 0.05) is 22.6 Å². The maximum absolute atomic E-state index is 13.3. The van der Waals surface area contributed by atoms with E-state index in [0.717, 1.165) is 11.4 Å². The highest BCUT2D eigenvalue weighted by atomic mass is 79.9. The molecule has 1 aliphatic heterocycles. The first-order chi connectivity index (χ1) is 14.3. The molecular formula is C21H25BrN4O4. The minimum absolute atomic E-state index is 0.268. The molecule has 1 heterocycles. The van der Waals surface area contributed by atoms with E-state index in [2.05, 4.69) is 26.6 Å². The lowest BCUT2D eigenvalue weighted by Crippen LogP contribution is -2.62. The Kier molecular flexibility index (Phi) is 6.64. The molecule has 0 aliphatic carbocycles. The van der Waals surface area contributed by atoms with E-state index >= 15 is 0 Å². The Morgan fingerprint density at radius 2 is 2.07 bits per heavy atom. The quantitative estimate of drug-likeness (QED) is 0.534. The molecule has 0 saturated heterocycles. The third-order valence-corrected chi connectivity index (χ3v) is 5.31. The summed E-state index contributed by atoms with van der Waals surface area (Å²) in [6.45, 7) is 1.14. The number of nitrogens with one attached hydrogen (secondary N) is 2. The van der Waals surface area contributed by atoms with Crippen LogP contribution >= 0.6 is 15.9 Å². The van der Waals surface area contributed by atoms with Crippen LogP contribution in [0.5, 0.6) is 5.75 Å². The van der Waals surface area contributed by atoms with E-state index < -0.39 is 17.7 Å². The third-order valence-electron chi connectivity index (χ3n) is 4.82. The molecule has 9 heteroatoms. The molecular weight excluding hydrogens is 452 g/mol. The van der Waals surface area contributed by atoms with Crippen LogP contribution < -0.4 is 20.3 Å². The van der Waals surface area contributed by atoms with Gasteiger partial charge in [0.05, 0.1) is 18.5 Å². The fraction of sp³-hybridized carbons (Fsp3) is 0.333. The third kappa shape index (κ3) is 4.28. The van der Waals surface area contributed by atoms with Gasteiger partial charge >= 0.3 is 6.03 Å². The van der Waals surface area contributed by atoms with Crippen LogP contribution in [0.3, 0.4) is 0 Å². The number of ether oxygens (including phenoxy) is 1. The number of benzene rings is 2. The number of rotatable bonds is 7. The smallest absolute Gasteiger partial charge is 0.329 e. The fourth-order valence-electron chi connectivity index (χ4n) is 3.35. The molecule has 0 fully saturated rings. The number of anilines is 2. The van der Waals surface area contributed by atoms with Gasteiger partial charge in [0.15, 0.2) is 0 Å². The van der Waals surface area contributed by atoms with Crippen molar-refractivity contribution in [3.8, 4) is 5.75 Å². The molecule has 0 radical (unpaired) electrons. The molecule has 3 amide bonds. The van der Waals surface area contributed by atoms with Crippen LogP contribution in [-0.2, 0) is 10.5 Å². The second kappa shape index (κ2) is 9.03. The number of carbonyl (C=O) groups excluding carboxylic acids is 2. The molecule has 3 rings (SSSR count). The Morgan fingerprint density at radius 1 is 1.30 bits per heavy atom. The van der Waals surface area contributed by atoms with E-state index in [0.29, 0.717) is 34.6 Å². The molecule has 0 spiro atoms. The molecule has 1 atom stereocenters. The van der Waals surface area contributed by atoms with Crippen molar-refractivity contribution in [3.05, 3.63) is 52.5 Å². The summed E-state index contributed by atoms with van der Waals surface area (Å²) < 4.78 is 5.92. The van der Waals surface area contributed by atoms with Gasteiger partial charge in [0.25, 0.3) is 11.6 Å². The SMILES string of the molecule is COc1cccc(N2C(=O)Nc3ccc(Br)cc3[C@]2(O)C(=O)NCCCN(C)C)c1. The Morgan fingerprint density at radius 3 is 2.77 bits per heavy atom. The summed E-state index contributed by atoms with van der Waals surface area (Å²) in [4.78, 5) is 29.3. The lowest BCUT2D eigenvalue weighted by Gasteiger charge is -2.42. The number of nitrogens with zero attached hydrogens (tertiary/aromatic N) is 2. The van der Waals surface area contributed by atoms with Crippen LogP contribution in [0.2, 0.25) is 0 Å². The predicted molar refractivity (Wildman–Crippen MR) is 119 cm³/mol. The first-order valence-electron chi connectivity index (χ1n) is 9.48. The number of urea groups is 1. The van der Waals surface area contributed by atoms with Crippen molar-refractivity contribution in [2.75, 3.05) is 44.5 Å². The van der Waals surface area contributed by atoms with Gasteiger partial charge in [-0.25, -0.2) is 4.79 Å². The zero-order valence-corrected chi connectivity index (χ0v) is 18.7. The molecule has 8 nitrogen and oxygen atoms in total. The molecule has 30 heavy (non-hydrogen) atoms. The van der Waals surface area contributed by atoms with Crippen molar-refractivity contribution in [1.82, 2.24) is 10.2 Å². The summed E-state index contributed by atoms with van der Waals surface area (Å²) in [7, 11) is 5.39. The van der Waals surface area contributed by atoms with Crippen molar-refractivity contribution in [2.45, 2.75) is 12.1 Å². The molecule has 160 valence electrons. The summed E-state index contributed by atoms with van der Waals surface area (Å²) in [6, 6.07) is 11.0. The number of amides is 3. The van der Waals surface area contributed by atoms with Gasteiger partial charge in [-0.2, -0.15) is 0 Å². The van der Waals surface area contributed by atoms with E-state index in [4.69, 9.17) is 4.74 Å². The van der Waals surface area contributed by atoms with Gasteiger partial charge < -0.3 is 25.4 Å². The predicted octanol–water partition coefficient (Wildman–Crippen LogP) is 2.72. The van der Waals surface area contributed by atoms with Crippen LogP contribution in [0.1, 0.15) is 12.0 Å². The molecule has 2 aromatic carbocycles. The van der Waals surface area contributed by atoms with E-state index in [1.807, 2.05) is 19.0 Å². The zero-order valence-electron chi connectivity index (χ0n) is 17.1. The second-order valence-corrected chi connectivity index (χ2v) is 8.16. The molecule has 2 aromatic rings. The van der Waals surface area contributed by atoms with E-state index in [1.54, 1.807) is 42.5 Å². The highest BCUT2D eigenvalue weighted by Crippen LogP contribution is 2.41. The standard InChI is InChI=1S/C21H25BrN4O4/c1-25(2)11-5-10-23-19(27)21(29)17-12-14(22)8-9-18(17)24-20(28)26(21)15-6-4-7-16(13-15)30-3/h4,6-9,12-13,29H,5,10-11H2,1-3H3,(H,23,27)(H,24,28)/t21-/m0/s1. The Hall–Kier alpha value is -2.62. The highest BCUT2D eigenvalue weighted by Gasteiger charge is 2.52. The van der Waals surface area contributed by atoms with E-state index in [1.165, 1.54) is 7.11 Å². The summed E-state index contributed by atoms with van der Waals surface area (Å²) >= 11 is 3.39. The summed E-state index contributed by atoms with van der Waals surface area (Å²) in [5.41, 5.74) is -1.28. The number of fused-ring (bicyclic) bond motifs is 1. The van der Waals surface area contributed by atoms with Gasteiger partial charge in [0.2, 0.25) is 0 Å². The fourth-order valence-corrected chi connectivity index (χ4v) is 3.71.